The number of hydrogen-bond acceptors (Lipinski definition) is 1. The van der Waals surface area contributed by atoms with Crippen LogP contribution in [0.4, 0.5) is 17.6 Å². The minimum Gasteiger partial charge on any atom is -0.321 e. The zero-order chi connectivity index (χ0) is 12.5. The Hall–Kier alpha value is -1.07. The van der Waals surface area contributed by atoms with Gasteiger partial charge < -0.3 is 5.73 Å². The van der Waals surface area contributed by atoms with E-state index in [0.717, 1.165) is 12.1 Å². The van der Waals surface area contributed by atoms with Crippen LogP contribution in [0.2, 0.25) is 5.02 Å². The van der Waals surface area contributed by atoms with Crippen LogP contribution in [0.5, 0.6) is 0 Å². The molecule has 0 heterocycles. The van der Waals surface area contributed by atoms with E-state index in [0.29, 0.717) is 6.07 Å². The monoisotopic (exact) mass is 253 g/mol. The van der Waals surface area contributed by atoms with Crippen LogP contribution in [-0.2, 0) is 6.18 Å². The first-order chi connectivity index (χ1) is 7.29. The van der Waals surface area contributed by atoms with Gasteiger partial charge in [-0.05, 0) is 12.1 Å². The van der Waals surface area contributed by atoms with Crippen molar-refractivity contribution >= 4 is 11.6 Å². The zero-order valence-electron chi connectivity index (χ0n) is 7.98. The van der Waals surface area contributed by atoms with Gasteiger partial charge in [0.25, 0.3) is 0 Å². The Morgan fingerprint density at radius 3 is 2.38 bits per heavy atom. The lowest BCUT2D eigenvalue weighted by Gasteiger charge is -2.17. The topological polar surface area (TPSA) is 26.0 Å². The van der Waals surface area contributed by atoms with E-state index in [1.807, 2.05) is 0 Å². The molecule has 0 bridgehead atoms. The summed E-state index contributed by atoms with van der Waals surface area (Å²) in [5.41, 5.74) is 3.52. The Morgan fingerprint density at radius 2 is 1.94 bits per heavy atom. The minimum absolute atomic E-state index is 0.402. The van der Waals surface area contributed by atoms with Gasteiger partial charge in [0, 0.05) is 5.56 Å². The quantitative estimate of drug-likeness (QED) is 0.631. The zero-order valence-corrected chi connectivity index (χ0v) is 8.74. The van der Waals surface area contributed by atoms with Crippen molar-refractivity contribution < 1.29 is 17.6 Å². The van der Waals surface area contributed by atoms with Gasteiger partial charge in [-0.3, -0.25) is 0 Å². The average molecular weight is 254 g/mol. The van der Waals surface area contributed by atoms with Crippen LogP contribution < -0.4 is 5.73 Å². The Morgan fingerprint density at radius 1 is 1.38 bits per heavy atom. The smallest absolute Gasteiger partial charge is 0.321 e. The summed E-state index contributed by atoms with van der Waals surface area (Å²) in [5.74, 6) is -1.16. The molecule has 0 fully saturated rings. The van der Waals surface area contributed by atoms with Crippen molar-refractivity contribution in [1.29, 1.82) is 0 Å². The molecule has 1 atom stereocenters. The van der Waals surface area contributed by atoms with Gasteiger partial charge in [0.2, 0.25) is 0 Å². The molecule has 0 saturated heterocycles. The van der Waals surface area contributed by atoms with Gasteiger partial charge in [0.15, 0.2) is 0 Å². The van der Waals surface area contributed by atoms with Crippen LogP contribution in [0.1, 0.15) is 17.2 Å². The van der Waals surface area contributed by atoms with Crippen molar-refractivity contribution in [3.05, 3.63) is 46.8 Å². The predicted molar refractivity (Wildman–Crippen MR) is 53.5 cm³/mol. The standard InChI is InChI=1S/C10H8ClF4N/c1-2-7(16)8-5(10(13,14)15)3-4-6(11)9(8)12/h2-4,7H,1,16H2/t7-/m1/s1. The second-order valence-electron chi connectivity index (χ2n) is 3.08. The van der Waals surface area contributed by atoms with Crippen molar-refractivity contribution in [2.45, 2.75) is 12.2 Å². The first-order valence-corrected chi connectivity index (χ1v) is 4.60. The van der Waals surface area contributed by atoms with Crippen molar-refractivity contribution in [1.82, 2.24) is 0 Å². The Labute approximate surface area is 94.5 Å². The van der Waals surface area contributed by atoms with Gasteiger partial charge in [-0.15, -0.1) is 6.58 Å². The van der Waals surface area contributed by atoms with Crippen LogP contribution in [0.15, 0.2) is 24.8 Å². The summed E-state index contributed by atoms with van der Waals surface area (Å²) in [5, 5.41) is -0.402. The molecule has 0 radical (unpaired) electrons. The molecule has 0 aliphatic rings. The average Bonchev–Trinajstić information content (AvgIpc) is 2.19. The van der Waals surface area contributed by atoms with E-state index in [1.165, 1.54) is 0 Å². The summed E-state index contributed by atoms with van der Waals surface area (Å²) >= 11 is 5.40. The minimum atomic E-state index is -4.68. The molecule has 0 spiro atoms. The van der Waals surface area contributed by atoms with Crippen LogP contribution in [-0.4, -0.2) is 0 Å². The van der Waals surface area contributed by atoms with Gasteiger partial charge in [-0.1, -0.05) is 17.7 Å². The molecule has 1 rings (SSSR count). The number of alkyl halides is 3. The van der Waals surface area contributed by atoms with Crippen molar-refractivity contribution in [2.75, 3.05) is 0 Å². The lowest BCUT2D eigenvalue weighted by molar-refractivity contribution is -0.138. The molecule has 6 heteroatoms. The van der Waals surface area contributed by atoms with E-state index in [2.05, 4.69) is 6.58 Å². The lowest BCUT2D eigenvalue weighted by Crippen LogP contribution is -2.18. The highest BCUT2D eigenvalue weighted by molar-refractivity contribution is 6.30. The van der Waals surface area contributed by atoms with Crippen LogP contribution in [0, 0.1) is 5.82 Å². The maximum absolute atomic E-state index is 13.5. The summed E-state index contributed by atoms with van der Waals surface area (Å²) < 4.78 is 51.1. The Kier molecular flexibility index (Phi) is 3.60. The fourth-order valence-electron chi connectivity index (χ4n) is 1.26. The molecule has 2 N–H and O–H groups in total. The van der Waals surface area contributed by atoms with E-state index in [-0.39, 0.29) is 0 Å². The summed E-state index contributed by atoms with van der Waals surface area (Å²) in [6.07, 6.45) is -3.66. The van der Waals surface area contributed by atoms with Gasteiger partial charge in [0.05, 0.1) is 16.6 Å². The highest BCUT2D eigenvalue weighted by Crippen LogP contribution is 2.37. The molecule has 0 aliphatic heterocycles. The fraction of sp³-hybridized carbons (Fsp3) is 0.200. The second kappa shape index (κ2) is 4.43. The molecule has 1 aromatic carbocycles. The third-order valence-electron chi connectivity index (χ3n) is 2.03. The normalized spacial score (nSPS) is 13.6. The van der Waals surface area contributed by atoms with E-state index in [1.54, 1.807) is 0 Å². The first kappa shape index (κ1) is 13.0. The number of rotatable bonds is 2. The van der Waals surface area contributed by atoms with Gasteiger partial charge in [-0.2, -0.15) is 13.2 Å². The van der Waals surface area contributed by atoms with Crippen molar-refractivity contribution in [3.63, 3.8) is 0 Å². The molecular weight excluding hydrogens is 246 g/mol. The molecular formula is C10H8ClF4N. The Balaban J connectivity index is 3.51. The highest BCUT2D eigenvalue weighted by Gasteiger charge is 2.36. The fourth-order valence-corrected chi connectivity index (χ4v) is 1.42. The SMILES string of the molecule is C=C[C@@H](N)c1c(C(F)(F)F)ccc(Cl)c1F. The molecule has 16 heavy (non-hydrogen) atoms. The lowest BCUT2D eigenvalue weighted by atomic mass is 9.99. The Bertz CT molecular complexity index is 414. The van der Waals surface area contributed by atoms with Crippen LogP contribution >= 0.6 is 11.6 Å². The van der Waals surface area contributed by atoms with Crippen molar-refractivity contribution in [3.8, 4) is 0 Å². The van der Waals surface area contributed by atoms with Gasteiger partial charge >= 0.3 is 6.18 Å². The van der Waals surface area contributed by atoms with Gasteiger partial charge in [0.1, 0.15) is 5.82 Å². The maximum atomic E-state index is 13.5. The highest BCUT2D eigenvalue weighted by atomic mass is 35.5. The van der Waals surface area contributed by atoms with Crippen LogP contribution in [0.3, 0.4) is 0 Å². The summed E-state index contributed by atoms with van der Waals surface area (Å²) in [6, 6.07) is 0.290. The van der Waals surface area contributed by atoms with E-state index in [4.69, 9.17) is 17.3 Å². The van der Waals surface area contributed by atoms with E-state index >= 15 is 0 Å². The van der Waals surface area contributed by atoms with Gasteiger partial charge in [-0.25, -0.2) is 4.39 Å². The van der Waals surface area contributed by atoms with E-state index < -0.39 is 34.2 Å². The van der Waals surface area contributed by atoms with Crippen LogP contribution in [0.25, 0.3) is 0 Å². The molecule has 0 amide bonds. The number of halogens is 5. The molecule has 0 aliphatic carbocycles. The summed E-state index contributed by atoms with van der Waals surface area (Å²) in [6.45, 7) is 3.23. The molecule has 0 aromatic heterocycles. The first-order valence-electron chi connectivity index (χ1n) is 4.22. The number of hydrogen-bond donors (Lipinski definition) is 1. The predicted octanol–water partition coefficient (Wildman–Crippen LogP) is 3.68. The van der Waals surface area contributed by atoms with E-state index in [9.17, 15) is 17.6 Å². The third-order valence-corrected chi connectivity index (χ3v) is 2.32. The molecule has 1 nitrogen and oxygen atoms in total. The summed E-state index contributed by atoms with van der Waals surface area (Å²) in [4.78, 5) is 0. The maximum Gasteiger partial charge on any atom is 0.416 e. The summed E-state index contributed by atoms with van der Waals surface area (Å²) in [7, 11) is 0. The largest absolute Gasteiger partial charge is 0.416 e. The molecule has 0 unspecified atom stereocenters. The molecule has 88 valence electrons. The molecule has 0 saturated carbocycles. The third kappa shape index (κ3) is 2.36. The number of benzene rings is 1. The van der Waals surface area contributed by atoms with Crippen molar-refractivity contribution in [2.24, 2.45) is 5.73 Å². The second-order valence-corrected chi connectivity index (χ2v) is 3.49. The molecule has 1 aromatic rings. The number of nitrogens with two attached hydrogens (primary N) is 1.